The summed E-state index contributed by atoms with van der Waals surface area (Å²) in [6, 6.07) is 10.9. The van der Waals surface area contributed by atoms with Gasteiger partial charge in [-0.05, 0) is 54.3 Å². The largest absolute Gasteiger partial charge is 0.483 e. The third-order valence-electron chi connectivity index (χ3n) is 3.70. The van der Waals surface area contributed by atoms with E-state index in [9.17, 15) is 9.59 Å². The summed E-state index contributed by atoms with van der Waals surface area (Å²) >= 11 is 6.81. The summed E-state index contributed by atoms with van der Waals surface area (Å²) < 4.78 is 7.38. The van der Waals surface area contributed by atoms with Crippen LogP contribution in [-0.2, 0) is 4.79 Å². The molecule has 0 fully saturated rings. The highest BCUT2D eigenvalue weighted by Gasteiger charge is 2.12. The maximum Gasteiger partial charge on any atom is 0.276 e. The monoisotopic (exact) mass is 482 g/mol. The van der Waals surface area contributed by atoms with Crippen LogP contribution in [0.1, 0.15) is 41.3 Å². The number of nitrogens with one attached hydrogen (secondary N) is 2. The fourth-order valence-corrected chi connectivity index (χ4v) is 2.97. The molecular weight excluding hydrogens is 464 g/mol. The van der Waals surface area contributed by atoms with E-state index in [-0.39, 0.29) is 12.5 Å². The molecule has 0 saturated carbocycles. The van der Waals surface area contributed by atoms with E-state index in [2.05, 4.69) is 56.6 Å². The summed E-state index contributed by atoms with van der Waals surface area (Å²) in [5.41, 5.74) is 7.21. The molecule has 2 aromatic carbocycles. The van der Waals surface area contributed by atoms with Gasteiger partial charge in [0.05, 0.1) is 0 Å². The topological polar surface area (TPSA) is 67.4 Å². The molecule has 2 rings (SSSR count). The normalized spacial score (nSPS) is 10.5. The first-order valence-corrected chi connectivity index (χ1v) is 9.64. The van der Waals surface area contributed by atoms with Crippen LogP contribution in [0, 0.1) is 6.92 Å². The van der Waals surface area contributed by atoms with E-state index in [1.54, 1.807) is 12.1 Å². The second-order valence-corrected chi connectivity index (χ2v) is 7.86. The molecule has 2 N–H and O–H groups in total. The maximum absolute atomic E-state index is 12.1. The van der Waals surface area contributed by atoms with E-state index in [1.165, 1.54) is 0 Å². The van der Waals surface area contributed by atoms with Crippen molar-refractivity contribution in [2.75, 3.05) is 6.61 Å². The van der Waals surface area contributed by atoms with Crippen molar-refractivity contribution in [2.24, 2.45) is 0 Å². The summed E-state index contributed by atoms with van der Waals surface area (Å²) in [5, 5.41) is 0. The van der Waals surface area contributed by atoms with Gasteiger partial charge in [0.2, 0.25) is 0 Å². The molecule has 0 bridgehead atoms. The fraction of sp³-hybridized carbons (Fsp3) is 0.263. The minimum atomic E-state index is -0.442. The third-order valence-corrected chi connectivity index (χ3v) is 5.05. The van der Waals surface area contributed by atoms with Gasteiger partial charge in [-0.25, -0.2) is 0 Å². The quantitative estimate of drug-likeness (QED) is 0.616. The lowest BCUT2D eigenvalue weighted by atomic mass is 10.0. The average Bonchev–Trinajstić information content (AvgIpc) is 2.60. The highest BCUT2D eigenvalue weighted by Crippen LogP contribution is 2.29. The van der Waals surface area contributed by atoms with Gasteiger partial charge in [-0.1, -0.05) is 51.8 Å². The Balaban J connectivity index is 1.89. The minimum absolute atomic E-state index is 0.195. The molecule has 26 heavy (non-hydrogen) atoms. The van der Waals surface area contributed by atoms with E-state index in [0.29, 0.717) is 11.3 Å². The number of halogens is 2. The molecule has 0 aliphatic heterocycles. The number of carbonyl (C=O) groups is 2. The summed E-state index contributed by atoms with van der Waals surface area (Å²) in [5.74, 6) is 0.0603. The zero-order chi connectivity index (χ0) is 19.3. The van der Waals surface area contributed by atoms with Crippen molar-refractivity contribution >= 4 is 43.7 Å². The Labute approximate surface area is 169 Å². The van der Waals surface area contributed by atoms with Crippen molar-refractivity contribution in [3.05, 3.63) is 62.0 Å². The lowest BCUT2D eigenvalue weighted by Crippen LogP contribution is -2.43. The van der Waals surface area contributed by atoms with Crippen LogP contribution >= 0.6 is 31.9 Å². The molecule has 0 spiro atoms. The van der Waals surface area contributed by atoms with Crippen LogP contribution < -0.4 is 15.6 Å². The van der Waals surface area contributed by atoms with Gasteiger partial charge < -0.3 is 4.74 Å². The van der Waals surface area contributed by atoms with Crippen molar-refractivity contribution in [1.29, 1.82) is 0 Å². The van der Waals surface area contributed by atoms with Crippen molar-refractivity contribution < 1.29 is 14.3 Å². The Morgan fingerprint density at radius 1 is 1.08 bits per heavy atom. The standard InChI is InChI=1S/C19H20Br2N2O3/c1-11(2)15-9-14(20)6-7-17(15)26-10-18(24)22-23-19(25)13-5-4-12(3)16(21)8-13/h4-9,11H,10H2,1-3H3,(H,22,24)(H,23,25). The molecule has 0 aliphatic rings. The molecule has 0 aromatic heterocycles. The fourth-order valence-electron chi connectivity index (χ4n) is 2.21. The molecule has 0 radical (unpaired) electrons. The number of aryl methyl sites for hydroxylation is 1. The van der Waals surface area contributed by atoms with Crippen LogP contribution in [0.5, 0.6) is 5.75 Å². The van der Waals surface area contributed by atoms with Gasteiger partial charge >= 0.3 is 0 Å². The second-order valence-electron chi connectivity index (χ2n) is 6.09. The smallest absolute Gasteiger partial charge is 0.276 e. The van der Waals surface area contributed by atoms with Crippen LogP contribution in [-0.4, -0.2) is 18.4 Å². The van der Waals surface area contributed by atoms with Gasteiger partial charge in [0, 0.05) is 14.5 Å². The SMILES string of the molecule is Cc1ccc(C(=O)NNC(=O)COc2ccc(Br)cc2C(C)C)cc1Br. The number of hydrazine groups is 1. The lowest BCUT2D eigenvalue weighted by molar-refractivity contribution is -0.123. The van der Waals surface area contributed by atoms with E-state index in [4.69, 9.17) is 4.74 Å². The van der Waals surface area contributed by atoms with Gasteiger partial charge in [0.25, 0.3) is 11.8 Å². The molecule has 2 aromatic rings. The predicted octanol–water partition coefficient (Wildman–Crippen LogP) is 4.48. The number of carbonyl (C=O) groups excluding carboxylic acids is 2. The highest BCUT2D eigenvalue weighted by atomic mass is 79.9. The number of hydrogen-bond acceptors (Lipinski definition) is 3. The number of benzene rings is 2. The maximum atomic E-state index is 12.1. The Hall–Kier alpha value is -1.86. The molecule has 2 amide bonds. The van der Waals surface area contributed by atoms with Crippen LogP contribution in [0.3, 0.4) is 0 Å². The Morgan fingerprint density at radius 3 is 2.46 bits per heavy atom. The predicted molar refractivity (Wildman–Crippen MR) is 108 cm³/mol. The Bertz CT molecular complexity index is 822. The molecule has 0 aliphatic carbocycles. The molecule has 7 heteroatoms. The molecule has 0 saturated heterocycles. The first-order chi connectivity index (χ1) is 12.3. The second kappa shape index (κ2) is 9.19. The zero-order valence-corrected chi connectivity index (χ0v) is 17.9. The third kappa shape index (κ3) is 5.57. The van der Waals surface area contributed by atoms with E-state index >= 15 is 0 Å². The molecule has 0 atom stereocenters. The van der Waals surface area contributed by atoms with Gasteiger partial charge in [-0.2, -0.15) is 0 Å². The lowest BCUT2D eigenvalue weighted by Gasteiger charge is -2.14. The minimum Gasteiger partial charge on any atom is -0.483 e. The van der Waals surface area contributed by atoms with Gasteiger partial charge in [-0.15, -0.1) is 0 Å². The average molecular weight is 484 g/mol. The number of hydrogen-bond donors (Lipinski definition) is 2. The van der Waals surface area contributed by atoms with Gasteiger partial charge in [-0.3, -0.25) is 20.4 Å². The zero-order valence-electron chi connectivity index (χ0n) is 14.7. The van der Waals surface area contributed by atoms with Gasteiger partial charge in [0.1, 0.15) is 5.75 Å². The number of amides is 2. The molecular formula is C19H20Br2N2O3. The van der Waals surface area contributed by atoms with E-state index < -0.39 is 11.8 Å². The van der Waals surface area contributed by atoms with Gasteiger partial charge in [0.15, 0.2) is 6.61 Å². The molecule has 138 valence electrons. The summed E-state index contributed by atoms with van der Waals surface area (Å²) in [6.45, 7) is 5.83. The van der Waals surface area contributed by atoms with Crippen molar-refractivity contribution in [3.8, 4) is 5.75 Å². The summed E-state index contributed by atoms with van der Waals surface area (Å²) in [7, 11) is 0. The van der Waals surface area contributed by atoms with Crippen molar-refractivity contribution in [1.82, 2.24) is 10.9 Å². The number of rotatable bonds is 5. The summed E-state index contributed by atoms with van der Waals surface area (Å²) in [4.78, 5) is 24.0. The van der Waals surface area contributed by atoms with Crippen LogP contribution in [0.15, 0.2) is 45.3 Å². The van der Waals surface area contributed by atoms with Crippen LogP contribution in [0.25, 0.3) is 0 Å². The Morgan fingerprint density at radius 2 is 1.81 bits per heavy atom. The van der Waals surface area contributed by atoms with Crippen LogP contribution in [0.2, 0.25) is 0 Å². The van der Waals surface area contributed by atoms with E-state index in [0.717, 1.165) is 20.1 Å². The molecule has 0 heterocycles. The number of ether oxygens (including phenoxy) is 1. The first-order valence-electron chi connectivity index (χ1n) is 8.05. The first kappa shape index (κ1) is 20.5. The molecule has 0 unspecified atom stereocenters. The van der Waals surface area contributed by atoms with Crippen LogP contribution in [0.4, 0.5) is 0 Å². The van der Waals surface area contributed by atoms with Crippen molar-refractivity contribution in [2.45, 2.75) is 26.7 Å². The highest BCUT2D eigenvalue weighted by molar-refractivity contribution is 9.10. The Kier molecular flexibility index (Phi) is 7.23. The molecule has 5 nitrogen and oxygen atoms in total. The van der Waals surface area contributed by atoms with Crippen molar-refractivity contribution in [3.63, 3.8) is 0 Å². The van der Waals surface area contributed by atoms with E-state index in [1.807, 2.05) is 31.2 Å². The summed E-state index contributed by atoms with van der Waals surface area (Å²) in [6.07, 6.45) is 0.